The van der Waals surface area contributed by atoms with Crippen LogP contribution in [0.25, 0.3) is 0 Å². The van der Waals surface area contributed by atoms with Crippen LogP contribution in [-0.4, -0.2) is 9.97 Å². The summed E-state index contributed by atoms with van der Waals surface area (Å²) in [6, 6.07) is 5.81. The largest absolute Gasteiger partial charge is 0.487 e. The van der Waals surface area contributed by atoms with Crippen molar-refractivity contribution in [3.63, 3.8) is 0 Å². The van der Waals surface area contributed by atoms with Crippen LogP contribution in [0.5, 0.6) is 5.75 Å². The Morgan fingerprint density at radius 1 is 1.38 bits per heavy atom. The maximum atomic E-state index is 12.6. The number of hydrogen-bond donors (Lipinski definition) is 1. The number of aromatic amines is 1. The highest BCUT2D eigenvalue weighted by molar-refractivity contribution is 5.17. The second-order valence-electron chi connectivity index (χ2n) is 3.15. The number of nitrogens with zero attached hydrogens (tertiary/aromatic N) is 1. The van der Waals surface area contributed by atoms with Crippen molar-refractivity contribution in [1.82, 2.24) is 9.97 Å². The first-order chi connectivity index (χ1) is 7.74. The zero-order chi connectivity index (χ0) is 11.4. The minimum Gasteiger partial charge on any atom is -0.487 e. The van der Waals surface area contributed by atoms with Crippen molar-refractivity contribution in [3.05, 3.63) is 58.5 Å². The second-order valence-corrected chi connectivity index (χ2v) is 3.15. The maximum absolute atomic E-state index is 12.6. The van der Waals surface area contributed by atoms with Crippen LogP contribution in [0.2, 0.25) is 0 Å². The third kappa shape index (κ3) is 2.66. The summed E-state index contributed by atoms with van der Waals surface area (Å²) in [5.74, 6) is 0.0646. The fraction of sp³-hybridized carbons (Fsp3) is 0.0909. The predicted molar refractivity (Wildman–Crippen MR) is 55.6 cm³/mol. The van der Waals surface area contributed by atoms with E-state index < -0.39 is 0 Å². The van der Waals surface area contributed by atoms with Crippen LogP contribution in [0.15, 0.2) is 41.5 Å². The Hall–Kier alpha value is -2.17. The Morgan fingerprint density at radius 3 is 2.94 bits per heavy atom. The molecule has 0 aliphatic carbocycles. The van der Waals surface area contributed by atoms with Crippen molar-refractivity contribution in [1.29, 1.82) is 0 Å². The van der Waals surface area contributed by atoms with Crippen molar-refractivity contribution in [2.24, 2.45) is 0 Å². The van der Waals surface area contributed by atoms with Crippen LogP contribution in [0.3, 0.4) is 0 Å². The van der Waals surface area contributed by atoms with Gasteiger partial charge in [0.05, 0.1) is 11.9 Å². The number of aromatic nitrogens is 2. The molecule has 0 saturated carbocycles. The summed E-state index contributed by atoms with van der Waals surface area (Å²) in [5.41, 5.74) is 0.367. The fourth-order valence-corrected chi connectivity index (χ4v) is 1.16. The molecule has 0 bridgehead atoms. The average Bonchev–Trinajstić information content (AvgIpc) is 2.28. The maximum Gasteiger partial charge on any atom is 0.251 e. The lowest BCUT2D eigenvalue weighted by molar-refractivity contribution is 0.300. The van der Waals surface area contributed by atoms with E-state index in [9.17, 15) is 9.18 Å². The van der Waals surface area contributed by atoms with Gasteiger partial charge < -0.3 is 9.72 Å². The fourth-order valence-electron chi connectivity index (χ4n) is 1.16. The van der Waals surface area contributed by atoms with Crippen LogP contribution in [0.1, 0.15) is 5.69 Å². The summed E-state index contributed by atoms with van der Waals surface area (Å²) in [7, 11) is 0. The van der Waals surface area contributed by atoms with E-state index >= 15 is 0 Å². The van der Waals surface area contributed by atoms with Gasteiger partial charge in [-0.1, -0.05) is 0 Å². The van der Waals surface area contributed by atoms with Gasteiger partial charge >= 0.3 is 0 Å². The van der Waals surface area contributed by atoms with Gasteiger partial charge in [0, 0.05) is 12.3 Å². The molecule has 0 aliphatic rings. The molecule has 0 aliphatic heterocycles. The number of pyridine rings is 2. The van der Waals surface area contributed by atoms with Crippen LogP contribution in [0, 0.1) is 5.82 Å². The van der Waals surface area contributed by atoms with E-state index in [1.165, 1.54) is 24.4 Å². The molecule has 2 heterocycles. The highest BCUT2D eigenvalue weighted by Crippen LogP contribution is 2.07. The van der Waals surface area contributed by atoms with Gasteiger partial charge in [-0.15, -0.1) is 0 Å². The SMILES string of the molecule is O=c1cc(OCc2ccc(F)cn2)cc[nH]1. The van der Waals surface area contributed by atoms with Gasteiger partial charge in [-0.05, 0) is 18.2 Å². The Morgan fingerprint density at radius 2 is 2.25 bits per heavy atom. The topological polar surface area (TPSA) is 55.0 Å². The smallest absolute Gasteiger partial charge is 0.251 e. The molecule has 2 aromatic heterocycles. The quantitative estimate of drug-likeness (QED) is 0.852. The zero-order valence-electron chi connectivity index (χ0n) is 8.31. The minimum atomic E-state index is -0.389. The Bertz CT molecular complexity index is 522. The van der Waals surface area contributed by atoms with Gasteiger partial charge in [-0.25, -0.2) is 4.39 Å². The van der Waals surface area contributed by atoms with E-state index in [2.05, 4.69) is 9.97 Å². The summed E-state index contributed by atoms with van der Waals surface area (Å²) in [5, 5.41) is 0. The van der Waals surface area contributed by atoms with Crippen molar-refractivity contribution in [2.45, 2.75) is 6.61 Å². The summed E-state index contributed by atoms with van der Waals surface area (Å²) in [6.45, 7) is 0.198. The molecule has 0 atom stereocenters. The van der Waals surface area contributed by atoms with Gasteiger partial charge in [-0.3, -0.25) is 9.78 Å². The van der Waals surface area contributed by atoms with E-state index in [4.69, 9.17) is 4.74 Å². The molecular formula is C11H9FN2O2. The molecule has 82 valence electrons. The third-order valence-electron chi connectivity index (χ3n) is 1.92. The summed E-state index contributed by atoms with van der Waals surface area (Å²) in [4.78, 5) is 17.3. The lowest BCUT2D eigenvalue weighted by Gasteiger charge is -2.04. The van der Waals surface area contributed by atoms with Crippen molar-refractivity contribution < 1.29 is 9.13 Å². The monoisotopic (exact) mass is 220 g/mol. The molecule has 5 heteroatoms. The van der Waals surface area contributed by atoms with Crippen molar-refractivity contribution in [3.8, 4) is 5.75 Å². The van der Waals surface area contributed by atoms with Gasteiger partial charge in [0.1, 0.15) is 18.2 Å². The molecule has 0 radical (unpaired) electrons. The van der Waals surface area contributed by atoms with E-state index in [1.807, 2.05) is 0 Å². The number of nitrogens with one attached hydrogen (secondary N) is 1. The average molecular weight is 220 g/mol. The standard InChI is InChI=1S/C11H9FN2O2/c12-8-1-2-9(14-6-8)7-16-10-3-4-13-11(15)5-10/h1-6H,7H2,(H,13,15). The first-order valence-corrected chi connectivity index (χ1v) is 4.66. The third-order valence-corrected chi connectivity index (χ3v) is 1.92. The van der Waals surface area contributed by atoms with Crippen molar-refractivity contribution >= 4 is 0 Å². The van der Waals surface area contributed by atoms with E-state index in [1.54, 1.807) is 6.07 Å². The molecule has 0 saturated heterocycles. The van der Waals surface area contributed by atoms with E-state index in [0.717, 1.165) is 6.20 Å². The minimum absolute atomic E-state index is 0.198. The number of ether oxygens (including phenoxy) is 1. The van der Waals surface area contributed by atoms with Crippen LogP contribution in [0.4, 0.5) is 4.39 Å². The number of rotatable bonds is 3. The Balaban J connectivity index is 2.02. The van der Waals surface area contributed by atoms with Crippen LogP contribution < -0.4 is 10.3 Å². The van der Waals surface area contributed by atoms with Gasteiger partial charge in [0.2, 0.25) is 0 Å². The molecule has 2 rings (SSSR count). The number of H-pyrrole nitrogens is 1. The molecule has 0 amide bonds. The Labute approximate surface area is 90.7 Å². The molecule has 0 fully saturated rings. The zero-order valence-corrected chi connectivity index (χ0v) is 8.31. The molecule has 0 aromatic carbocycles. The highest BCUT2D eigenvalue weighted by atomic mass is 19.1. The lowest BCUT2D eigenvalue weighted by atomic mass is 10.3. The molecule has 2 aromatic rings. The van der Waals surface area contributed by atoms with E-state index in [-0.39, 0.29) is 18.0 Å². The van der Waals surface area contributed by atoms with Gasteiger partial charge in [0.15, 0.2) is 0 Å². The van der Waals surface area contributed by atoms with E-state index in [0.29, 0.717) is 11.4 Å². The van der Waals surface area contributed by atoms with Crippen LogP contribution in [-0.2, 0) is 6.61 Å². The van der Waals surface area contributed by atoms with Gasteiger partial charge in [-0.2, -0.15) is 0 Å². The predicted octanol–water partition coefficient (Wildman–Crippen LogP) is 1.49. The molecule has 4 nitrogen and oxygen atoms in total. The first kappa shape index (κ1) is 10.4. The van der Waals surface area contributed by atoms with Crippen LogP contribution >= 0.6 is 0 Å². The Kier molecular flexibility index (Phi) is 2.95. The second kappa shape index (κ2) is 4.57. The first-order valence-electron chi connectivity index (χ1n) is 4.66. The molecule has 0 unspecified atom stereocenters. The molecule has 16 heavy (non-hydrogen) atoms. The number of hydrogen-bond acceptors (Lipinski definition) is 3. The highest BCUT2D eigenvalue weighted by Gasteiger charge is 1.98. The summed E-state index contributed by atoms with van der Waals surface area (Å²) < 4.78 is 17.9. The van der Waals surface area contributed by atoms with Gasteiger partial charge in [0.25, 0.3) is 5.56 Å². The molecular weight excluding hydrogens is 211 g/mol. The normalized spacial score (nSPS) is 10.1. The summed E-state index contributed by atoms with van der Waals surface area (Å²) in [6.07, 6.45) is 2.62. The molecule has 1 N–H and O–H groups in total. The number of halogens is 1. The lowest BCUT2D eigenvalue weighted by Crippen LogP contribution is -2.05. The van der Waals surface area contributed by atoms with Crippen molar-refractivity contribution in [2.75, 3.05) is 0 Å². The molecule has 0 spiro atoms. The summed E-state index contributed by atoms with van der Waals surface area (Å²) >= 11 is 0.